The fraction of sp³-hybridized carbons (Fsp3) is 0.432. The highest BCUT2D eigenvalue weighted by molar-refractivity contribution is 6.10. The molecule has 0 unspecified atom stereocenters. The maximum Gasteiger partial charge on any atom is 0.328 e. The van der Waals surface area contributed by atoms with E-state index < -0.39 is 0 Å². The number of imidazole rings is 1. The summed E-state index contributed by atoms with van der Waals surface area (Å²) in [4.78, 5) is 62.3. The van der Waals surface area contributed by atoms with Gasteiger partial charge in [0.1, 0.15) is 5.75 Å². The molecule has 10 rings (SSSR count). The molecule has 0 bridgehead atoms. The normalized spacial score (nSPS) is 21.2. The predicted octanol–water partition coefficient (Wildman–Crippen LogP) is 5.80. The Hall–Kier alpha value is -6.29. The van der Waals surface area contributed by atoms with Crippen molar-refractivity contribution in [3.05, 3.63) is 78.9 Å². The van der Waals surface area contributed by atoms with Gasteiger partial charge in [-0.05, 0) is 87.8 Å². The van der Waals surface area contributed by atoms with E-state index in [1.807, 2.05) is 35.1 Å². The lowest BCUT2D eigenvalue weighted by atomic mass is 9.84. The van der Waals surface area contributed by atoms with Gasteiger partial charge in [0.05, 0.1) is 41.6 Å². The third-order valence-corrected chi connectivity index (χ3v) is 13.3. The van der Waals surface area contributed by atoms with E-state index in [1.54, 1.807) is 41.1 Å². The van der Waals surface area contributed by atoms with Crippen LogP contribution in [0.2, 0.25) is 0 Å². The van der Waals surface area contributed by atoms with Crippen LogP contribution in [0.15, 0.2) is 73.3 Å². The molecule has 310 valence electrons. The van der Waals surface area contributed by atoms with Gasteiger partial charge < -0.3 is 24.4 Å². The topological polar surface area (TPSA) is 164 Å². The van der Waals surface area contributed by atoms with Crippen molar-refractivity contribution in [3.8, 4) is 5.75 Å². The first-order valence-electron chi connectivity index (χ1n) is 21.2. The smallest absolute Gasteiger partial charge is 0.328 e. The van der Waals surface area contributed by atoms with E-state index in [0.29, 0.717) is 53.7 Å². The molecule has 0 radical (unpaired) electrons. The van der Waals surface area contributed by atoms with Crippen molar-refractivity contribution in [1.29, 1.82) is 0 Å². The Labute approximate surface area is 346 Å². The van der Waals surface area contributed by atoms with Gasteiger partial charge in [-0.15, -0.1) is 0 Å². The molecule has 6 aromatic rings. The van der Waals surface area contributed by atoms with Gasteiger partial charge >= 0.3 is 6.03 Å². The minimum absolute atomic E-state index is 0.0340. The number of ether oxygens (including phenoxy) is 1. The predicted molar refractivity (Wildman–Crippen MR) is 225 cm³/mol. The van der Waals surface area contributed by atoms with E-state index in [-0.39, 0.29) is 29.8 Å². The number of piperidine rings is 2. The zero-order valence-corrected chi connectivity index (χ0v) is 33.7. The third kappa shape index (κ3) is 7.01. The summed E-state index contributed by atoms with van der Waals surface area (Å²) >= 11 is 0. The quantitative estimate of drug-likeness (QED) is 0.193. The van der Waals surface area contributed by atoms with E-state index in [2.05, 4.69) is 53.4 Å². The lowest BCUT2D eigenvalue weighted by Crippen LogP contribution is -2.50. The van der Waals surface area contributed by atoms with Crippen molar-refractivity contribution in [3.63, 3.8) is 0 Å². The summed E-state index contributed by atoms with van der Waals surface area (Å²) < 4.78 is 11.6. The van der Waals surface area contributed by atoms with E-state index >= 15 is 0 Å². The highest BCUT2D eigenvalue weighted by Crippen LogP contribution is 2.37. The monoisotopic (exact) mass is 811 g/mol. The summed E-state index contributed by atoms with van der Waals surface area (Å²) in [6, 6.07) is 16.1. The van der Waals surface area contributed by atoms with Crippen LogP contribution in [0.3, 0.4) is 0 Å². The lowest BCUT2D eigenvalue weighted by molar-refractivity contribution is -0.138. The highest BCUT2D eigenvalue weighted by Gasteiger charge is 2.35. The second kappa shape index (κ2) is 15.7. The van der Waals surface area contributed by atoms with Crippen LogP contribution in [0.5, 0.6) is 5.75 Å². The number of likely N-dealkylation sites (tertiary alicyclic amines) is 2. The average Bonchev–Trinajstić information content (AvgIpc) is 4.03. The molecule has 16 nitrogen and oxygen atoms in total. The van der Waals surface area contributed by atoms with Crippen molar-refractivity contribution in [2.75, 3.05) is 50.1 Å². The van der Waals surface area contributed by atoms with Crippen LogP contribution < -0.4 is 20.3 Å². The van der Waals surface area contributed by atoms with Crippen LogP contribution >= 0.6 is 0 Å². The number of amides is 5. The number of anilines is 2. The Bertz CT molecular complexity index is 2610. The molecular formula is C44H49N11O5. The number of aromatic nitrogens is 6. The second-order valence-electron chi connectivity index (χ2n) is 16.6. The molecule has 4 fully saturated rings. The van der Waals surface area contributed by atoms with Crippen LogP contribution in [0, 0.1) is 5.92 Å². The molecule has 2 N–H and O–H groups in total. The van der Waals surface area contributed by atoms with Gasteiger partial charge in [0.15, 0.2) is 11.5 Å². The molecule has 0 spiro atoms. The second-order valence-corrected chi connectivity index (χ2v) is 16.6. The van der Waals surface area contributed by atoms with Crippen LogP contribution in [-0.4, -0.2) is 108 Å². The van der Waals surface area contributed by atoms with Gasteiger partial charge in [-0.25, -0.2) is 9.78 Å². The van der Waals surface area contributed by atoms with Gasteiger partial charge in [-0.3, -0.25) is 29.3 Å². The summed E-state index contributed by atoms with van der Waals surface area (Å²) in [6.07, 6.45) is 15.2. The number of nitrogens with zero attached hydrogens (tertiary/aromatic N) is 9. The molecule has 60 heavy (non-hydrogen) atoms. The van der Waals surface area contributed by atoms with Crippen molar-refractivity contribution in [1.82, 2.24) is 44.1 Å². The first-order valence-corrected chi connectivity index (χ1v) is 21.2. The zero-order chi connectivity index (χ0) is 40.9. The molecule has 1 aliphatic carbocycles. The van der Waals surface area contributed by atoms with Crippen molar-refractivity contribution in [2.45, 2.75) is 75.9 Å². The minimum Gasteiger partial charge on any atom is -0.496 e. The van der Waals surface area contributed by atoms with E-state index in [0.717, 1.165) is 105 Å². The van der Waals surface area contributed by atoms with Crippen molar-refractivity contribution in [2.24, 2.45) is 5.92 Å². The molecule has 4 aliphatic rings. The fourth-order valence-corrected chi connectivity index (χ4v) is 10.0. The fourth-order valence-electron chi connectivity index (χ4n) is 10.0. The number of urea groups is 1. The van der Waals surface area contributed by atoms with Gasteiger partial charge in [-0.2, -0.15) is 14.7 Å². The largest absolute Gasteiger partial charge is 0.496 e. The zero-order valence-electron chi connectivity index (χ0n) is 33.7. The number of fused-ring (bicyclic) bond motifs is 3. The molecular weight excluding hydrogens is 763 g/mol. The Morgan fingerprint density at radius 1 is 0.867 bits per heavy atom. The summed E-state index contributed by atoms with van der Waals surface area (Å²) in [6.45, 7) is 4.04. The number of hydrogen-bond acceptors (Lipinski definition) is 9. The number of carbonyl (C=O) groups excluding carboxylic acids is 4. The highest BCUT2D eigenvalue weighted by atomic mass is 16.5. The van der Waals surface area contributed by atoms with E-state index in [9.17, 15) is 19.2 Å². The molecule has 5 amide bonds. The Morgan fingerprint density at radius 2 is 1.67 bits per heavy atom. The van der Waals surface area contributed by atoms with Gasteiger partial charge in [0, 0.05) is 92.6 Å². The molecule has 1 saturated carbocycles. The number of benzene rings is 2. The molecule has 7 heterocycles. The number of carbonyl (C=O) groups is 4. The number of methoxy groups -OCH3 is 1. The van der Waals surface area contributed by atoms with E-state index in [1.165, 1.54) is 0 Å². The van der Waals surface area contributed by atoms with Crippen LogP contribution in [0.25, 0.3) is 27.5 Å². The molecule has 16 heteroatoms. The van der Waals surface area contributed by atoms with Gasteiger partial charge in [0.2, 0.25) is 11.8 Å². The average molecular weight is 812 g/mol. The van der Waals surface area contributed by atoms with Gasteiger partial charge in [0.25, 0.3) is 5.91 Å². The number of nitrogens with one attached hydrogen (secondary N) is 2. The SMILES string of the molecule is COc1cc2nn(C3CCC(C(=O)N4CCC(N5CCC(n6ccc7c(N8CCC(=O)NC8=O)cccc76)CC5)CC4)CC3)cc2cc1C(=O)Nc1cnc2cccnn12. The maximum atomic E-state index is 13.8. The molecule has 0 atom stereocenters. The molecule has 2 aromatic carbocycles. The number of hydrogen-bond donors (Lipinski definition) is 2. The Morgan fingerprint density at radius 3 is 2.45 bits per heavy atom. The summed E-state index contributed by atoms with van der Waals surface area (Å²) in [5.74, 6) is 0.673. The van der Waals surface area contributed by atoms with Gasteiger partial charge in [-0.1, -0.05) is 6.07 Å². The number of rotatable bonds is 8. The standard InChI is InChI=1S/C44H49N11O5/c1-60-38-25-35-29(24-34(38)42(57)47-40-26-45-39-6-3-17-46-55(39)40)27-54(49-35)32-9-7-28(8-10-32)43(58)51-20-11-30(12-21-51)50-18-13-31(14-19-50)52-22-15-33-36(52)4-2-5-37(33)53-23-16-41(56)48-44(53)59/h2-6,15,17,22,24-28,30-32H,7-14,16,18-21,23H2,1H3,(H,47,57)(H,48,56,59). The first kappa shape index (κ1) is 37.9. The van der Waals surface area contributed by atoms with Crippen LogP contribution in [-0.2, 0) is 9.59 Å². The molecule has 4 aromatic heterocycles. The first-order chi connectivity index (χ1) is 29.3. The molecule has 3 aliphatic heterocycles. The van der Waals surface area contributed by atoms with Crippen molar-refractivity contribution >= 4 is 62.7 Å². The Balaban J connectivity index is 0.710. The number of imide groups is 1. The van der Waals surface area contributed by atoms with E-state index in [4.69, 9.17) is 9.84 Å². The van der Waals surface area contributed by atoms with Crippen LogP contribution in [0.4, 0.5) is 16.3 Å². The lowest BCUT2D eigenvalue weighted by Gasteiger charge is -2.43. The van der Waals surface area contributed by atoms with Crippen LogP contribution in [0.1, 0.15) is 80.2 Å². The summed E-state index contributed by atoms with van der Waals surface area (Å²) in [7, 11) is 1.55. The van der Waals surface area contributed by atoms with Crippen molar-refractivity contribution < 1.29 is 23.9 Å². The minimum atomic E-state index is -0.360. The molecule has 3 saturated heterocycles. The Kier molecular flexibility index (Phi) is 9.94. The summed E-state index contributed by atoms with van der Waals surface area (Å²) in [5.41, 5.74) is 3.74. The third-order valence-electron chi connectivity index (χ3n) is 13.3. The summed E-state index contributed by atoms with van der Waals surface area (Å²) in [5, 5.41) is 16.4. The maximum absolute atomic E-state index is 13.8.